The highest BCUT2D eigenvalue weighted by Crippen LogP contribution is 2.43. The van der Waals surface area contributed by atoms with Crippen molar-refractivity contribution in [3.63, 3.8) is 0 Å². The van der Waals surface area contributed by atoms with Crippen LogP contribution in [0.2, 0.25) is 0 Å². The SMILES string of the molecule is CCOc1ccc(N2C(=O)C(=O)/C(=C(\O)c3cccc(OC)c3)C2c2ccc(C(C)(C)C)cc2)cc1. The smallest absolute Gasteiger partial charge is 0.300 e. The minimum absolute atomic E-state index is 0.0330. The van der Waals surface area contributed by atoms with Crippen LogP contribution in [0.4, 0.5) is 5.69 Å². The van der Waals surface area contributed by atoms with Crippen molar-refractivity contribution in [1.29, 1.82) is 0 Å². The summed E-state index contributed by atoms with van der Waals surface area (Å²) in [5.74, 6) is -0.487. The number of hydrogen-bond donors (Lipinski definition) is 1. The van der Waals surface area contributed by atoms with Gasteiger partial charge in [-0.05, 0) is 59.9 Å². The van der Waals surface area contributed by atoms with Crippen LogP contribution in [0.15, 0.2) is 78.4 Å². The molecule has 1 aliphatic heterocycles. The summed E-state index contributed by atoms with van der Waals surface area (Å²) in [6.45, 7) is 8.78. The van der Waals surface area contributed by atoms with Crippen LogP contribution in [-0.2, 0) is 15.0 Å². The van der Waals surface area contributed by atoms with E-state index in [0.29, 0.717) is 29.4 Å². The van der Waals surface area contributed by atoms with E-state index in [-0.39, 0.29) is 16.7 Å². The number of aliphatic hydroxyl groups is 1. The number of hydrogen-bond acceptors (Lipinski definition) is 5. The van der Waals surface area contributed by atoms with Crippen LogP contribution >= 0.6 is 0 Å². The number of ketones is 1. The van der Waals surface area contributed by atoms with Gasteiger partial charge in [-0.1, -0.05) is 57.2 Å². The molecule has 6 nitrogen and oxygen atoms in total. The van der Waals surface area contributed by atoms with Crippen molar-refractivity contribution in [2.75, 3.05) is 18.6 Å². The van der Waals surface area contributed by atoms with Gasteiger partial charge in [-0.2, -0.15) is 0 Å². The Morgan fingerprint density at radius 3 is 2.19 bits per heavy atom. The van der Waals surface area contributed by atoms with Crippen molar-refractivity contribution < 1.29 is 24.2 Å². The molecule has 3 aromatic carbocycles. The molecule has 1 fully saturated rings. The van der Waals surface area contributed by atoms with Gasteiger partial charge in [0.15, 0.2) is 0 Å². The number of rotatable bonds is 6. The lowest BCUT2D eigenvalue weighted by molar-refractivity contribution is -0.132. The predicted molar refractivity (Wildman–Crippen MR) is 141 cm³/mol. The summed E-state index contributed by atoms with van der Waals surface area (Å²) in [7, 11) is 1.53. The normalized spacial score (nSPS) is 17.4. The fourth-order valence-electron chi connectivity index (χ4n) is 4.38. The lowest BCUT2D eigenvalue weighted by Gasteiger charge is -2.26. The second-order valence-electron chi connectivity index (χ2n) is 9.70. The number of Topliss-reactive ketones (excluding diaryl/α,β-unsaturated/α-hetero) is 1. The van der Waals surface area contributed by atoms with Crippen LogP contribution < -0.4 is 14.4 Å². The average Bonchev–Trinajstić information content (AvgIpc) is 3.14. The maximum Gasteiger partial charge on any atom is 0.300 e. The zero-order valence-corrected chi connectivity index (χ0v) is 21.2. The summed E-state index contributed by atoms with van der Waals surface area (Å²) in [5.41, 5.74) is 2.75. The summed E-state index contributed by atoms with van der Waals surface area (Å²) in [6, 6.07) is 20.8. The van der Waals surface area contributed by atoms with Crippen LogP contribution in [0.3, 0.4) is 0 Å². The van der Waals surface area contributed by atoms with Crippen LogP contribution in [0.1, 0.15) is 50.4 Å². The van der Waals surface area contributed by atoms with Gasteiger partial charge in [-0.15, -0.1) is 0 Å². The number of nitrogens with zero attached hydrogens (tertiary/aromatic N) is 1. The topological polar surface area (TPSA) is 76.1 Å². The number of aliphatic hydroxyl groups excluding tert-OH is 1. The second-order valence-corrected chi connectivity index (χ2v) is 9.70. The van der Waals surface area contributed by atoms with Crippen molar-refractivity contribution in [1.82, 2.24) is 0 Å². The van der Waals surface area contributed by atoms with E-state index in [1.165, 1.54) is 12.0 Å². The Labute approximate surface area is 211 Å². The summed E-state index contributed by atoms with van der Waals surface area (Å²) >= 11 is 0. The number of amides is 1. The number of carbonyl (C=O) groups excluding carboxylic acids is 2. The van der Waals surface area contributed by atoms with E-state index >= 15 is 0 Å². The van der Waals surface area contributed by atoms with E-state index in [0.717, 1.165) is 11.1 Å². The molecule has 1 saturated heterocycles. The molecule has 1 aliphatic rings. The molecule has 1 amide bonds. The summed E-state index contributed by atoms with van der Waals surface area (Å²) in [4.78, 5) is 28.2. The molecule has 1 atom stereocenters. The van der Waals surface area contributed by atoms with Gasteiger partial charge in [-0.3, -0.25) is 14.5 Å². The molecule has 0 radical (unpaired) electrons. The Hall–Kier alpha value is -4.06. The first kappa shape index (κ1) is 25.0. The lowest BCUT2D eigenvalue weighted by atomic mass is 9.85. The fraction of sp³-hybridized carbons (Fsp3) is 0.267. The van der Waals surface area contributed by atoms with E-state index < -0.39 is 17.7 Å². The van der Waals surface area contributed by atoms with Gasteiger partial charge < -0.3 is 14.6 Å². The Bertz CT molecular complexity index is 1300. The first-order valence-electron chi connectivity index (χ1n) is 11.9. The summed E-state index contributed by atoms with van der Waals surface area (Å²) < 4.78 is 10.8. The molecule has 186 valence electrons. The van der Waals surface area contributed by atoms with Crippen molar-refractivity contribution in [2.24, 2.45) is 0 Å². The third-order valence-electron chi connectivity index (χ3n) is 6.31. The first-order chi connectivity index (χ1) is 17.2. The van der Waals surface area contributed by atoms with Gasteiger partial charge in [0.05, 0.1) is 25.3 Å². The molecule has 0 spiro atoms. The number of methoxy groups -OCH3 is 1. The molecule has 0 saturated carbocycles. The van der Waals surface area contributed by atoms with Crippen LogP contribution in [0.5, 0.6) is 11.5 Å². The maximum atomic E-state index is 13.4. The van der Waals surface area contributed by atoms with E-state index in [1.807, 2.05) is 31.2 Å². The zero-order valence-electron chi connectivity index (χ0n) is 21.2. The van der Waals surface area contributed by atoms with Crippen molar-refractivity contribution >= 4 is 23.1 Å². The van der Waals surface area contributed by atoms with Gasteiger partial charge >= 0.3 is 0 Å². The fourth-order valence-corrected chi connectivity index (χ4v) is 4.38. The molecule has 0 bridgehead atoms. The predicted octanol–water partition coefficient (Wildman–Crippen LogP) is 6.02. The van der Waals surface area contributed by atoms with Crippen LogP contribution in [0, 0.1) is 0 Å². The van der Waals surface area contributed by atoms with Gasteiger partial charge in [0.1, 0.15) is 17.3 Å². The number of ether oxygens (including phenoxy) is 2. The number of carbonyl (C=O) groups is 2. The Balaban J connectivity index is 1.89. The van der Waals surface area contributed by atoms with Crippen LogP contribution in [-0.4, -0.2) is 30.5 Å². The molecule has 4 rings (SSSR count). The molecular weight excluding hydrogens is 454 g/mol. The van der Waals surface area contributed by atoms with Gasteiger partial charge in [-0.25, -0.2) is 0 Å². The molecule has 0 aliphatic carbocycles. The molecule has 0 aromatic heterocycles. The third kappa shape index (κ3) is 4.71. The maximum absolute atomic E-state index is 13.4. The molecule has 1 unspecified atom stereocenters. The van der Waals surface area contributed by atoms with E-state index in [1.54, 1.807) is 48.5 Å². The molecule has 6 heteroatoms. The second kappa shape index (κ2) is 9.90. The molecule has 1 heterocycles. The minimum Gasteiger partial charge on any atom is -0.507 e. The molecule has 1 N–H and O–H groups in total. The summed E-state index contributed by atoms with van der Waals surface area (Å²) in [6.07, 6.45) is 0. The zero-order chi connectivity index (χ0) is 26.0. The van der Waals surface area contributed by atoms with E-state index in [2.05, 4.69) is 20.8 Å². The van der Waals surface area contributed by atoms with Crippen molar-refractivity contribution in [2.45, 2.75) is 39.2 Å². The quantitative estimate of drug-likeness (QED) is 0.263. The summed E-state index contributed by atoms with van der Waals surface area (Å²) in [5, 5.41) is 11.3. The Morgan fingerprint density at radius 2 is 1.61 bits per heavy atom. The first-order valence-corrected chi connectivity index (χ1v) is 11.9. The third-order valence-corrected chi connectivity index (χ3v) is 6.31. The van der Waals surface area contributed by atoms with Crippen molar-refractivity contribution in [3.8, 4) is 11.5 Å². The van der Waals surface area contributed by atoms with Crippen LogP contribution in [0.25, 0.3) is 5.76 Å². The molecule has 3 aromatic rings. The highest BCUT2D eigenvalue weighted by molar-refractivity contribution is 6.51. The molecule has 36 heavy (non-hydrogen) atoms. The van der Waals surface area contributed by atoms with Gasteiger partial charge in [0.2, 0.25) is 0 Å². The number of benzene rings is 3. The van der Waals surface area contributed by atoms with E-state index in [4.69, 9.17) is 9.47 Å². The minimum atomic E-state index is -0.803. The standard InChI is InChI=1S/C30H31NO5/c1-6-36-23-16-14-22(15-17-23)31-26(19-10-12-21(13-11-19)30(2,3)4)25(28(33)29(31)34)27(32)20-8-7-9-24(18-20)35-5/h7-18,26,32H,6H2,1-5H3/b27-25-. The Kier molecular flexibility index (Phi) is 6.88. The van der Waals surface area contributed by atoms with E-state index in [9.17, 15) is 14.7 Å². The van der Waals surface area contributed by atoms with Gasteiger partial charge in [0.25, 0.3) is 11.7 Å². The van der Waals surface area contributed by atoms with Gasteiger partial charge in [0, 0.05) is 11.3 Å². The lowest BCUT2D eigenvalue weighted by Crippen LogP contribution is -2.29. The van der Waals surface area contributed by atoms with Crippen molar-refractivity contribution in [3.05, 3.63) is 95.1 Å². The monoisotopic (exact) mass is 485 g/mol. The number of anilines is 1. The average molecular weight is 486 g/mol. The highest BCUT2D eigenvalue weighted by atomic mass is 16.5. The Morgan fingerprint density at radius 1 is 0.944 bits per heavy atom. The highest BCUT2D eigenvalue weighted by Gasteiger charge is 2.47. The largest absolute Gasteiger partial charge is 0.507 e. The molecular formula is C30H31NO5.